The van der Waals surface area contributed by atoms with Gasteiger partial charge in [0.05, 0.1) is 5.97 Å². The number of carboxylic acid groups (broad SMARTS) is 1. The zero-order chi connectivity index (χ0) is 9.97. The van der Waals surface area contributed by atoms with Gasteiger partial charge in [0, 0.05) is 24.3 Å². The van der Waals surface area contributed by atoms with E-state index >= 15 is 0 Å². The number of hydrogen-bond acceptors (Lipinski definition) is 3. The Kier molecular flexibility index (Phi) is 4.64. The Hall–Kier alpha value is -0.510. The predicted molar refractivity (Wildman–Crippen MR) is 52.2 cm³/mol. The van der Waals surface area contributed by atoms with Gasteiger partial charge in [0.25, 0.3) is 0 Å². The molecule has 1 aromatic rings. The monoisotopic (exact) mass is 213 g/mol. The fourth-order valence-corrected chi connectivity index (χ4v) is 1.88. The first kappa shape index (κ1) is 12.6. The maximum atomic E-state index is 10.8. The van der Waals surface area contributed by atoms with Crippen LogP contribution >= 0.6 is 0 Å². The molecular weight excluding hydrogens is 201 g/mol. The van der Waals surface area contributed by atoms with Crippen LogP contribution in [0.5, 0.6) is 0 Å². The average Bonchev–Trinajstić information content (AvgIpc) is 2.70. The number of carbonyl (C=O) groups is 1. The quantitative estimate of drug-likeness (QED) is 0.517. The van der Waals surface area contributed by atoms with E-state index in [1.54, 1.807) is 12.1 Å². The molecule has 0 aliphatic carbocycles. The molecular formula is C11H12NNaO2. The van der Waals surface area contributed by atoms with E-state index in [0.29, 0.717) is 5.56 Å². The molecule has 1 aliphatic rings. The number of nitrogens with zero attached hydrogens (tertiary/aromatic N) is 1. The van der Waals surface area contributed by atoms with E-state index in [-0.39, 0.29) is 29.6 Å². The van der Waals surface area contributed by atoms with Crippen LogP contribution < -0.4 is 39.6 Å². The van der Waals surface area contributed by atoms with Crippen LogP contribution in [0.1, 0.15) is 23.2 Å². The molecule has 1 aromatic carbocycles. The maximum absolute atomic E-state index is 10.8. The Bertz CT molecular complexity index is 348. The van der Waals surface area contributed by atoms with E-state index in [1.807, 2.05) is 12.1 Å². The Labute approximate surface area is 111 Å². The third-order valence-electron chi connectivity index (χ3n) is 2.57. The SMILES string of the molecule is O=C([O-])c1ccccc1N1CCCC1.[Na+]. The van der Waals surface area contributed by atoms with Crippen LogP contribution in [0.2, 0.25) is 0 Å². The molecule has 1 saturated heterocycles. The number of anilines is 1. The van der Waals surface area contributed by atoms with Gasteiger partial charge >= 0.3 is 29.6 Å². The molecule has 0 radical (unpaired) electrons. The van der Waals surface area contributed by atoms with Crippen LogP contribution in [0.25, 0.3) is 0 Å². The molecule has 0 unspecified atom stereocenters. The largest absolute Gasteiger partial charge is 1.00 e. The van der Waals surface area contributed by atoms with Crippen molar-refractivity contribution in [3.8, 4) is 0 Å². The third kappa shape index (κ3) is 2.74. The number of hydrogen-bond donors (Lipinski definition) is 0. The molecule has 0 aromatic heterocycles. The number of rotatable bonds is 2. The molecule has 1 aliphatic heterocycles. The second-order valence-corrected chi connectivity index (χ2v) is 3.50. The van der Waals surface area contributed by atoms with E-state index in [9.17, 15) is 9.90 Å². The van der Waals surface area contributed by atoms with Gasteiger partial charge < -0.3 is 14.8 Å². The zero-order valence-electron chi connectivity index (χ0n) is 8.90. The molecule has 0 spiro atoms. The fourth-order valence-electron chi connectivity index (χ4n) is 1.88. The van der Waals surface area contributed by atoms with Crippen molar-refractivity contribution in [1.82, 2.24) is 0 Å². The van der Waals surface area contributed by atoms with Crippen molar-refractivity contribution in [2.24, 2.45) is 0 Å². The second kappa shape index (κ2) is 5.54. The summed E-state index contributed by atoms with van der Waals surface area (Å²) in [7, 11) is 0. The van der Waals surface area contributed by atoms with Crippen LogP contribution in [-0.4, -0.2) is 19.1 Å². The Morgan fingerprint density at radius 1 is 1.20 bits per heavy atom. The standard InChI is InChI=1S/C11H13NO2.Na/c13-11(14)9-5-1-2-6-10(9)12-7-3-4-8-12;/h1-2,5-6H,3-4,7-8H2,(H,13,14);/q;+1/p-1. The van der Waals surface area contributed by atoms with Crippen molar-refractivity contribution in [2.75, 3.05) is 18.0 Å². The molecule has 0 amide bonds. The summed E-state index contributed by atoms with van der Waals surface area (Å²) < 4.78 is 0. The van der Waals surface area contributed by atoms with E-state index in [0.717, 1.165) is 31.6 Å². The number of carbonyl (C=O) groups excluding carboxylic acids is 1. The summed E-state index contributed by atoms with van der Waals surface area (Å²) in [6.45, 7) is 1.90. The molecule has 4 heteroatoms. The van der Waals surface area contributed by atoms with E-state index in [1.165, 1.54) is 0 Å². The van der Waals surface area contributed by atoms with E-state index < -0.39 is 5.97 Å². The van der Waals surface area contributed by atoms with Gasteiger partial charge in [-0.25, -0.2) is 0 Å². The van der Waals surface area contributed by atoms with Crippen LogP contribution in [0, 0.1) is 0 Å². The topological polar surface area (TPSA) is 43.4 Å². The predicted octanol–water partition coefficient (Wildman–Crippen LogP) is -2.35. The minimum Gasteiger partial charge on any atom is -0.545 e. The van der Waals surface area contributed by atoms with Crippen molar-refractivity contribution < 1.29 is 39.5 Å². The Balaban J connectivity index is 0.00000112. The van der Waals surface area contributed by atoms with Crippen molar-refractivity contribution in [3.63, 3.8) is 0 Å². The summed E-state index contributed by atoms with van der Waals surface area (Å²) in [6, 6.07) is 7.03. The molecule has 0 atom stereocenters. The molecule has 0 N–H and O–H groups in total. The minimum absolute atomic E-state index is 0. The van der Waals surface area contributed by atoms with Gasteiger partial charge in [-0.15, -0.1) is 0 Å². The van der Waals surface area contributed by atoms with E-state index in [4.69, 9.17) is 0 Å². The zero-order valence-corrected chi connectivity index (χ0v) is 10.9. The molecule has 15 heavy (non-hydrogen) atoms. The van der Waals surface area contributed by atoms with Crippen molar-refractivity contribution >= 4 is 11.7 Å². The molecule has 3 nitrogen and oxygen atoms in total. The third-order valence-corrected chi connectivity index (χ3v) is 2.57. The number of carboxylic acids is 1. The molecule has 1 fully saturated rings. The number of para-hydroxylation sites is 1. The average molecular weight is 213 g/mol. The van der Waals surface area contributed by atoms with Gasteiger partial charge in [-0.05, 0) is 18.9 Å². The summed E-state index contributed by atoms with van der Waals surface area (Å²) in [5.41, 5.74) is 1.10. The van der Waals surface area contributed by atoms with Crippen molar-refractivity contribution in [2.45, 2.75) is 12.8 Å². The first-order valence-corrected chi connectivity index (χ1v) is 4.84. The Morgan fingerprint density at radius 3 is 2.40 bits per heavy atom. The summed E-state index contributed by atoms with van der Waals surface area (Å²) in [4.78, 5) is 12.9. The summed E-state index contributed by atoms with van der Waals surface area (Å²) in [5.74, 6) is -1.09. The molecule has 74 valence electrons. The normalized spacial score (nSPS) is 14.8. The Morgan fingerprint density at radius 2 is 1.80 bits per heavy atom. The molecule has 0 saturated carbocycles. The molecule has 0 bridgehead atoms. The van der Waals surface area contributed by atoms with Crippen molar-refractivity contribution in [3.05, 3.63) is 29.8 Å². The van der Waals surface area contributed by atoms with Gasteiger partial charge in [-0.2, -0.15) is 0 Å². The van der Waals surface area contributed by atoms with Crippen LogP contribution in [-0.2, 0) is 0 Å². The number of aromatic carboxylic acids is 1. The first-order valence-electron chi connectivity index (χ1n) is 4.84. The van der Waals surface area contributed by atoms with Gasteiger partial charge in [0.1, 0.15) is 0 Å². The summed E-state index contributed by atoms with van der Waals surface area (Å²) in [6.07, 6.45) is 2.28. The number of benzene rings is 1. The van der Waals surface area contributed by atoms with Crippen molar-refractivity contribution in [1.29, 1.82) is 0 Å². The van der Waals surface area contributed by atoms with Gasteiger partial charge in [0.15, 0.2) is 0 Å². The molecule has 2 rings (SSSR count). The fraction of sp³-hybridized carbons (Fsp3) is 0.364. The molecule has 1 heterocycles. The summed E-state index contributed by atoms with van der Waals surface area (Å²) >= 11 is 0. The van der Waals surface area contributed by atoms with Crippen LogP contribution in [0.4, 0.5) is 5.69 Å². The smallest absolute Gasteiger partial charge is 0.545 e. The van der Waals surface area contributed by atoms with Crippen LogP contribution in [0.3, 0.4) is 0 Å². The second-order valence-electron chi connectivity index (χ2n) is 3.50. The minimum atomic E-state index is -1.09. The first-order chi connectivity index (χ1) is 6.79. The maximum Gasteiger partial charge on any atom is 1.00 e. The van der Waals surface area contributed by atoms with E-state index in [2.05, 4.69) is 4.90 Å². The van der Waals surface area contributed by atoms with Gasteiger partial charge in [0.2, 0.25) is 0 Å². The van der Waals surface area contributed by atoms with Crippen LogP contribution in [0.15, 0.2) is 24.3 Å². The van der Waals surface area contributed by atoms with Gasteiger partial charge in [-0.3, -0.25) is 0 Å². The van der Waals surface area contributed by atoms with Gasteiger partial charge in [-0.1, -0.05) is 18.2 Å². The summed E-state index contributed by atoms with van der Waals surface area (Å²) in [5, 5.41) is 10.8.